The van der Waals surface area contributed by atoms with Crippen molar-refractivity contribution < 1.29 is 13.3 Å². The van der Waals surface area contributed by atoms with E-state index in [9.17, 15) is 18.5 Å². The molecule has 0 saturated carbocycles. The van der Waals surface area contributed by atoms with Gasteiger partial charge in [0.15, 0.2) is 11.1 Å². The van der Waals surface area contributed by atoms with Gasteiger partial charge in [0.2, 0.25) is 11.9 Å². The van der Waals surface area contributed by atoms with Crippen LogP contribution in [0.15, 0.2) is 38.4 Å². The van der Waals surface area contributed by atoms with Crippen molar-refractivity contribution >= 4 is 62.0 Å². The van der Waals surface area contributed by atoms with E-state index < -0.39 is 15.1 Å². The average molecular weight is 513 g/mol. The fourth-order valence-electron chi connectivity index (χ4n) is 2.60. The van der Waals surface area contributed by atoms with Crippen LogP contribution in [0, 0.1) is 15.5 Å². The van der Waals surface area contributed by atoms with Crippen molar-refractivity contribution in [3.63, 3.8) is 0 Å². The lowest BCUT2D eigenvalue weighted by Gasteiger charge is -2.27. The number of hydrogen-bond donors (Lipinski definition) is 5. The van der Waals surface area contributed by atoms with E-state index in [0.29, 0.717) is 28.7 Å². The maximum atomic E-state index is 11.9. The predicted molar refractivity (Wildman–Crippen MR) is 128 cm³/mol. The van der Waals surface area contributed by atoms with Gasteiger partial charge in [-0.1, -0.05) is 12.1 Å². The predicted octanol–water partition coefficient (Wildman–Crippen LogP) is 0.611. The summed E-state index contributed by atoms with van der Waals surface area (Å²) in [6, 6.07) is 5.79. The third kappa shape index (κ3) is 7.02. The Morgan fingerprint density at radius 3 is 2.70 bits per heavy atom. The second-order valence-electron chi connectivity index (χ2n) is 6.48. The van der Waals surface area contributed by atoms with Crippen LogP contribution >= 0.6 is 23.1 Å². The molecule has 176 valence electrons. The maximum Gasteiger partial charge on any atom is 0.369 e. The van der Waals surface area contributed by atoms with Crippen LogP contribution in [0.3, 0.4) is 0 Å². The molecule has 0 radical (unpaired) electrons. The van der Waals surface area contributed by atoms with E-state index in [2.05, 4.69) is 24.4 Å². The highest BCUT2D eigenvalue weighted by atomic mass is 32.2. The normalized spacial score (nSPS) is 14.8. The molecule has 14 nitrogen and oxygen atoms in total. The molecule has 1 aliphatic heterocycles. The van der Waals surface area contributed by atoms with Crippen molar-refractivity contribution in [1.29, 1.82) is 5.41 Å². The Kier molecular flexibility index (Phi) is 7.67. The van der Waals surface area contributed by atoms with Gasteiger partial charge in [-0.2, -0.15) is 20.2 Å². The first kappa shape index (κ1) is 24.2. The minimum atomic E-state index is -4.11. The molecule has 1 aromatic heterocycles. The summed E-state index contributed by atoms with van der Waals surface area (Å²) in [6.45, 7) is 0.498. The van der Waals surface area contributed by atoms with Crippen LogP contribution in [0.5, 0.6) is 0 Å². The van der Waals surface area contributed by atoms with E-state index in [4.69, 9.17) is 16.9 Å². The molecule has 2 aromatic rings. The number of nitrogens with one attached hydrogen (secondary N) is 3. The average Bonchev–Trinajstić information content (AvgIpc) is 3.16. The number of hydrogen-bond acceptors (Lipinski definition) is 11. The number of non-ortho nitro benzene ring substituents is 1. The van der Waals surface area contributed by atoms with Crippen molar-refractivity contribution in [1.82, 2.24) is 15.2 Å². The van der Waals surface area contributed by atoms with Gasteiger partial charge < -0.3 is 22.1 Å². The van der Waals surface area contributed by atoms with Gasteiger partial charge in [0.25, 0.3) is 5.69 Å². The van der Waals surface area contributed by atoms with Gasteiger partial charge in [-0.05, 0) is 5.56 Å². The number of anilines is 1. The SMILES string of the molecule is N=C(N)Nc1nc(CSCCNC2=NS(=O)(=O)N=C(N)N2Cc2ccc([N+](=O)[O-])cc2)cs1. The number of nitrogens with zero attached hydrogens (tertiary/aromatic N) is 5. The fourth-order valence-corrected chi connectivity index (χ4v) is 4.94. The summed E-state index contributed by atoms with van der Waals surface area (Å²) in [5.74, 6) is 0.791. The highest BCUT2D eigenvalue weighted by Gasteiger charge is 2.26. The quantitative estimate of drug-likeness (QED) is 0.103. The lowest BCUT2D eigenvalue weighted by atomic mass is 10.2. The summed E-state index contributed by atoms with van der Waals surface area (Å²) in [5.41, 5.74) is 12.5. The minimum absolute atomic E-state index is 0.0167. The largest absolute Gasteiger partial charge is 0.370 e. The Morgan fingerprint density at radius 1 is 1.30 bits per heavy atom. The van der Waals surface area contributed by atoms with Gasteiger partial charge in [-0.3, -0.25) is 20.4 Å². The fraction of sp³-hybridized carbons (Fsp3) is 0.250. The Hall–Kier alpha value is -3.44. The number of nitro groups is 1. The highest BCUT2D eigenvalue weighted by molar-refractivity contribution is 7.98. The van der Waals surface area contributed by atoms with Crippen LogP contribution in [0.2, 0.25) is 0 Å². The van der Waals surface area contributed by atoms with Crippen LogP contribution in [0.25, 0.3) is 0 Å². The molecule has 0 saturated heterocycles. The molecule has 0 unspecified atom stereocenters. The van der Waals surface area contributed by atoms with Crippen molar-refractivity contribution in [3.05, 3.63) is 51.0 Å². The lowest BCUT2D eigenvalue weighted by Crippen LogP contribution is -2.50. The summed E-state index contributed by atoms with van der Waals surface area (Å²) in [7, 11) is -4.11. The van der Waals surface area contributed by atoms with Gasteiger partial charge in [0, 0.05) is 35.6 Å². The Bertz CT molecular complexity index is 1190. The first-order chi connectivity index (χ1) is 15.6. The molecule has 3 rings (SSSR count). The molecular formula is C16H20N10O4S3. The molecule has 2 heterocycles. The zero-order chi connectivity index (χ0) is 24.0. The van der Waals surface area contributed by atoms with Crippen LogP contribution < -0.4 is 22.1 Å². The second-order valence-corrected chi connectivity index (χ2v) is 9.71. The van der Waals surface area contributed by atoms with Gasteiger partial charge in [-0.15, -0.1) is 20.1 Å². The summed E-state index contributed by atoms with van der Waals surface area (Å²) in [5, 5.41) is 26.0. The summed E-state index contributed by atoms with van der Waals surface area (Å²) >= 11 is 2.90. The molecule has 0 fully saturated rings. The zero-order valence-electron chi connectivity index (χ0n) is 17.0. The third-order valence-electron chi connectivity index (χ3n) is 4.00. The summed E-state index contributed by atoms with van der Waals surface area (Å²) in [4.78, 5) is 16.0. The number of rotatable bonds is 9. The van der Waals surface area contributed by atoms with Crippen molar-refractivity contribution in [2.75, 3.05) is 17.6 Å². The molecule has 1 aliphatic rings. The van der Waals surface area contributed by atoms with E-state index in [1.165, 1.54) is 28.4 Å². The third-order valence-corrected chi connectivity index (χ3v) is 6.62. The zero-order valence-corrected chi connectivity index (χ0v) is 19.4. The smallest absolute Gasteiger partial charge is 0.369 e. The van der Waals surface area contributed by atoms with Crippen LogP contribution in [-0.4, -0.2) is 53.4 Å². The minimum Gasteiger partial charge on any atom is -0.370 e. The van der Waals surface area contributed by atoms with E-state index in [1.54, 1.807) is 23.9 Å². The lowest BCUT2D eigenvalue weighted by molar-refractivity contribution is -0.384. The Balaban J connectivity index is 1.57. The summed E-state index contributed by atoms with van der Waals surface area (Å²) in [6.07, 6.45) is 0. The van der Waals surface area contributed by atoms with Crippen molar-refractivity contribution in [2.24, 2.45) is 20.3 Å². The van der Waals surface area contributed by atoms with Gasteiger partial charge in [0.1, 0.15) is 0 Å². The number of nitro benzene ring substituents is 1. The number of thiazole rings is 1. The molecule has 0 bridgehead atoms. The van der Waals surface area contributed by atoms with E-state index in [1.807, 2.05) is 5.38 Å². The first-order valence-electron chi connectivity index (χ1n) is 9.21. The molecule has 0 atom stereocenters. The van der Waals surface area contributed by atoms with E-state index >= 15 is 0 Å². The molecule has 0 aliphatic carbocycles. The number of benzene rings is 1. The molecule has 17 heteroatoms. The number of thioether (sulfide) groups is 1. The van der Waals surface area contributed by atoms with Crippen molar-refractivity contribution in [2.45, 2.75) is 12.3 Å². The highest BCUT2D eigenvalue weighted by Crippen LogP contribution is 2.19. The standard InChI is InChI=1S/C16H20N10O4S3/c17-13(18)22-16-21-11(9-32-16)8-31-6-5-20-15-24-33(29,30)23-14(19)25(15)7-10-1-3-12(4-2-10)26(27)28/h1-4,9H,5-8H2,(H2,19,23)(H,20,24)(H4,17,18,21,22). The molecule has 0 amide bonds. The van der Waals surface area contributed by atoms with Crippen molar-refractivity contribution in [3.8, 4) is 0 Å². The number of nitrogens with two attached hydrogens (primary N) is 2. The van der Waals surface area contributed by atoms with E-state index in [0.717, 1.165) is 5.69 Å². The molecule has 0 spiro atoms. The van der Waals surface area contributed by atoms with Gasteiger partial charge in [0.05, 0.1) is 17.2 Å². The molecule has 7 N–H and O–H groups in total. The topological polar surface area (TPSA) is 218 Å². The van der Waals surface area contributed by atoms with Crippen LogP contribution in [-0.2, 0) is 22.5 Å². The van der Waals surface area contributed by atoms with E-state index in [-0.39, 0.29) is 30.1 Å². The second kappa shape index (κ2) is 10.5. The molecule has 33 heavy (non-hydrogen) atoms. The first-order valence-corrected chi connectivity index (χ1v) is 12.6. The number of aromatic nitrogens is 1. The van der Waals surface area contributed by atoms with Crippen LogP contribution in [0.4, 0.5) is 10.8 Å². The number of guanidine groups is 3. The summed E-state index contributed by atoms with van der Waals surface area (Å²) < 4.78 is 30.9. The van der Waals surface area contributed by atoms with Crippen LogP contribution in [0.1, 0.15) is 11.3 Å². The van der Waals surface area contributed by atoms with Gasteiger partial charge >= 0.3 is 10.2 Å². The maximum absolute atomic E-state index is 11.9. The monoisotopic (exact) mass is 512 g/mol. The Labute approximate surface area is 197 Å². The van der Waals surface area contributed by atoms with Gasteiger partial charge in [-0.25, -0.2) is 4.98 Å². The Morgan fingerprint density at radius 2 is 2.03 bits per heavy atom. The molecule has 1 aromatic carbocycles. The molecular weight excluding hydrogens is 492 g/mol.